The van der Waals surface area contributed by atoms with Gasteiger partial charge >= 0.3 is 5.97 Å². The number of hydrogen-bond acceptors (Lipinski definition) is 3. The number of rotatable bonds is 2. The molecule has 1 aromatic heterocycles. The molecule has 0 saturated carbocycles. The van der Waals surface area contributed by atoms with Gasteiger partial charge in [0.05, 0.1) is 12.1 Å². The average Bonchev–Trinajstić information content (AvgIpc) is 2.16. The van der Waals surface area contributed by atoms with E-state index in [1.54, 1.807) is 12.1 Å². The number of methoxy groups -OCH3 is 1. The van der Waals surface area contributed by atoms with Gasteiger partial charge in [-0.3, -0.25) is 0 Å². The summed E-state index contributed by atoms with van der Waals surface area (Å²) in [6, 6.07) is 1.60. The zero-order valence-electron chi connectivity index (χ0n) is 7.08. The zero-order valence-corrected chi connectivity index (χ0v) is 7.84. The Bertz CT molecular complexity index is 349. The Morgan fingerprint density at radius 2 is 2.46 bits per heavy atom. The molecule has 13 heavy (non-hydrogen) atoms. The minimum atomic E-state index is -0.541. The van der Waals surface area contributed by atoms with Crippen molar-refractivity contribution in [3.8, 4) is 0 Å². The van der Waals surface area contributed by atoms with Crippen LogP contribution in [0.2, 0.25) is 5.02 Å². The lowest BCUT2D eigenvalue weighted by molar-refractivity contribution is 0.0594. The fourth-order valence-corrected chi connectivity index (χ4v) is 1.06. The highest BCUT2D eigenvalue weighted by atomic mass is 35.5. The lowest BCUT2D eigenvalue weighted by atomic mass is 10.2. The maximum atomic E-state index is 11.0. The van der Waals surface area contributed by atoms with E-state index in [0.717, 1.165) is 5.56 Å². The van der Waals surface area contributed by atoms with Crippen LogP contribution in [0, 0.1) is 0 Å². The molecule has 0 aliphatic heterocycles. The molecular weight excluding hydrogens is 190 g/mol. The second kappa shape index (κ2) is 4.05. The topological polar surface area (TPSA) is 39.2 Å². The number of carbonyl (C=O) groups excluding carboxylic acids is 1. The van der Waals surface area contributed by atoms with E-state index < -0.39 is 5.97 Å². The first-order valence-electron chi connectivity index (χ1n) is 3.55. The summed E-state index contributed by atoms with van der Waals surface area (Å²) in [6.45, 7) is 3.55. The number of esters is 1. The molecule has 0 unspecified atom stereocenters. The predicted molar refractivity (Wildman–Crippen MR) is 50.7 cm³/mol. The number of halogens is 1. The van der Waals surface area contributed by atoms with Crippen molar-refractivity contribution in [3.63, 3.8) is 0 Å². The number of nitrogens with zero attached hydrogens (tertiary/aromatic N) is 1. The highest BCUT2D eigenvalue weighted by Gasteiger charge is 2.11. The van der Waals surface area contributed by atoms with Crippen molar-refractivity contribution in [1.29, 1.82) is 0 Å². The number of ether oxygens (including phenoxy) is 1. The van der Waals surface area contributed by atoms with Gasteiger partial charge in [0, 0.05) is 6.20 Å². The van der Waals surface area contributed by atoms with Gasteiger partial charge in [0.15, 0.2) is 5.69 Å². The van der Waals surface area contributed by atoms with Crippen molar-refractivity contribution in [2.75, 3.05) is 7.11 Å². The summed E-state index contributed by atoms with van der Waals surface area (Å²) in [4.78, 5) is 14.9. The summed E-state index contributed by atoms with van der Waals surface area (Å²) in [7, 11) is 1.28. The largest absolute Gasteiger partial charge is 0.464 e. The van der Waals surface area contributed by atoms with E-state index in [9.17, 15) is 4.79 Å². The Morgan fingerprint density at radius 1 is 1.77 bits per heavy atom. The maximum Gasteiger partial charge on any atom is 0.358 e. The van der Waals surface area contributed by atoms with Crippen molar-refractivity contribution in [2.45, 2.75) is 0 Å². The highest BCUT2D eigenvalue weighted by Crippen LogP contribution is 2.16. The third-order valence-electron chi connectivity index (χ3n) is 1.48. The van der Waals surface area contributed by atoms with Gasteiger partial charge in [-0.25, -0.2) is 9.78 Å². The summed E-state index contributed by atoms with van der Waals surface area (Å²) < 4.78 is 4.48. The van der Waals surface area contributed by atoms with E-state index in [-0.39, 0.29) is 10.7 Å². The van der Waals surface area contributed by atoms with Crippen LogP contribution in [0.1, 0.15) is 16.1 Å². The van der Waals surface area contributed by atoms with Gasteiger partial charge in [-0.2, -0.15) is 0 Å². The van der Waals surface area contributed by atoms with Gasteiger partial charge < -0.3 is 4.74 Å². The lowest BCUT2D eigenvalue weighted by Crippen LogP contribution is -2.04. The molecule has 0 fully saturated rings. The zero-order chi connectivity index (χ0) is 9.84. The Kier molecular flexibility index (Phi) is 3.03. The molecule has 4 heteroatoms. The molecule has 68 valence electrons. The molecule has 0 atom stereocenters. The molecule has 0 amide bonds. The molecule has 1 heterocycles. The highest BCUT2D eigenvalue weighted by molar-refractivity contribution is 6.33. The van der Waals surface area contributed by atoms with E-state index in [1.165, 1.54) is 13.3 Å². The summed E-state index contributed by atoms with van der Waals surface area (Å²) in [5.74, 6) is -0.541. The summed E-state index contributed by atoms with van der Waals surface area (Å²) in [5, 5.41) is 0.268. The minimum Gasteiger partial charge on any atom is -0.464 e. The molecule has 0 aliphatic carbocycles. The molecule has 1 rings (SSSR count). The van der Waals surface area contributed by atoms with Crippen molar-refractivity contribution in [3.05, 3.63) is 35.1 Å². The van der Waals surface area contributed by atoms with Gasteiger partial charge in [0.1, 0.15) is 0 Å². The fraction of sp³-hybridized carbons (Fsp3) is 0.111. The Labute approximate surface area is 81.0 Å². The van der Waals surface area contributed by atoms with Gasteiger partial charge in [-0.1, -0.05) is 24.3 Å². The van der Waals surface area contributed by atoms with Gasteiger partial charge in [-0.15, -0.1) is 0 Å². The Balaban J connectivity index is 3.12. The maximum absolute atomic E-state index is 11.0. The summed E-state index contributed by atoms with van der Waals surface area (Å²) >= 11 is 5.77. The fourth-order valence-electron chi connectivity index (χ4n) is 0.811. The third-order valence-corrected chi connectivity index (χ3v) is 1.76. The first kappa shape index (κ1) is 9.74. The van der Waals surface area contributed by atoms with Gasteiger partial charge in [0.2, 0.25) is 0 Å². The molecule has 0 radical (unpaired) electrons. The number of aromatic nitrogens is 1. The van der Waals surface area contributed by atoms with Crippen LogP contribution >= 0.6 is 11.6 Å². The van der Waals surface area contributed by atoms with Crippen molar-refractivity contribution in [1.82, 2.24) is 4.98 Å². The minimum absolute atomic E-state index is 0.120. The molecule has 0 aliphatic rings. The van der Waals surface area contributed by atoms with Crippen LogP contribution in [0.4, 0.5) is 0 Å². The third kappa shape index (κ3) is 2.06. The SMILES string of the molecule is C=Cc1cnc(C(=O)OC)c(Cl)c1. The second-order valence-electron chi connectivity index (χ2n) is 2.29. The van der Waals surface area contributed by atoms with Gasteiger partial charge in [0.25, 0.3) is 0 Å². The van der Waals surface area contributed by atoms with E-state index in [0.29, 0.717) is 0 Å². The van der Waals surface area contributed by atoms with Crippen molar-refractivity contribution in [2.24, 2.45) is 0 Å². The molecule has 0 spiro atoms. The number of pyridine rings is 1. The standard InChI is InChI=1S/C9H8ClNO2/c1-3-6-4-7(10)8(11-5-6)9(12)13-2/h3-5H,1H2,2H3. The van der Waals surface area contributed by atoms with E-state index in [1.807, 2.05) is 0 Å². The molecule has 0 aromatic carbocycles. The molecule has 0 N–H and O–H groups in total. The first-order valence-corrected chi connectivity index (χ1v) is 3.93. The normalized spacial score (nSPS) is 9.38. The summed E-state index contributed by atoms with van der Waals surface area (Å²) in [6.07, 6.45) is 3.10. The Hall–Kier alpha value is -1.35. The Morgan fingerprint density at radius 3 is 2.92 bits per heavy atom. The number of carbonyl (C=O) groups is 1. The predicted octanol–water partition coefficient (Wildman–Crippen LogP) is 2.16. The lowest BCUT2D eigenvalue weighted by Gasteiger charge is -2.01. The van der Waals surface area contributed by atoms with E-state index in [2.05, 4.69) is 16.3 Å². The molecule has 0 bridgehead atoms. The van der Waals surface area contributed by atoms with Crippen molar-refractivity contribution < 1.29 is 9.53 Å². The van der Waals surface area contributed by atoms with Crippen LogP contribution in [0.25, 0.3) is 6.08 Å². The average molecular weight is 198 g/mol. The second-order valence-corrected chi connectivity index (χ2v) is 2.70. The van der Waals surface area contributed by atoms with Crippen LogP contribution in [0.15, 0.2) is 18.8 Å². The van der Waals surface area contributed by atoms with Crippen LogP contribution in [0.5, 0.6) is 0 Å². The van der Waals surface area contributed by atoms with Gasteiger partial charge in [-0.05, 0) is 11.6 Å². The van der Waals surface area contributed by atoms with Crippen LogP contribution in [-0.4, -0.2) is 18.1 Å². The quantitative estimate of drug-likeness (QED) is 0.682. The van der Waals surface area contributed by atoms with Crippen LogP contribution in [-0.2, 0) is 4.74 Å². The monoisotopic (exact) mass is 197 g/mol. The van der Waals surface area contributed by atoms with Crippen LogP contribution < -0.4 is 0 Å². The smallest absolute Gasteiger partial charge is 0.358 e. The van der Waals surface area contributed by atoms with Crippen molar-refractivity contribution >= 4 is 23.6 Å². The molecule has 1 aromatic rings. The summed E-state index contributed by atoms with van der Waals surface area (Å²) in [5.41, 5.74) is 0.882. The van der Waals surface area contributed by atoms with E-state index >= 15 is 0 Å². The number of hydrogen-bond donors (Lipinski definition) is 0. The molecule has 0 saturated heterocycles. The van der Waals surface area contributed by atoms with E-state index in [4.69, 9.17) is 11.6 Å². The molecular formula is C9H8ClNO2. The first-order chi connectivity index (χ1) is 6.19. The molecule has 3 nitrogen and oxygen atoms in total. The van der Waals surface area contributed by atoms with Crippen LogP contribution in [0.3, 0.4) is 0 Å².